The lowest BCUT2D eigenvalue weighted by Gasteiger charge is -2.41. The van der Waals surface area contributed by atoms with Crippen molar-refractivity contribution in [2.24, 2.45) is 5.92 Å². The summed E-state index contributed by atoms with van der Waals surface area (Å²) in [5, 5.41) is 25.1. The Morgan fingerprint density at radius 3 is 2.41 bits per heavy atom. The van der Waals surface area contributed by atoms with Crippen LogP contribution >= 0.6 is 0 Å². The quantitative estimate of drug-likeness (QED) is 0.557. The number of aromatic nitrogens is 1. The lowest BCUT2D eigenvalue weighted by Crippen LogP contribution is -2.52. The van der Waals surface area contributed by atoms with Crippen LogP contribution in [0, 0.1) is 12.8 Å². The summed E-state index contributed by atoms with van der Waals surface area (Å²) in [6.45, 7) is 6.48. The topological polar surface area (TPSA) is 78.3 Å². The molecule has 5 atom stereocenters. The van der Waals surface area contributed by atoms with E-state index in [1.807, 2.05) is 49.4 Å². The summed E-state index contributed by atoms with van der Waals surface area (Å²) < 4.78 is 12.6. The molecule has 0 spiro atoms. The Hall–Kier alpha value is -2.97. The molecule has 1 saturated heterocycles. The summed E-state index contributed by atoms with van der Waals surface area (Å²) in [4.78, 5) is 9.04. The van der Waals surface area contributed by atoms with Gasteiger partial charge >= 0.3 is 0 Å². The van der Waals surface area contributed by atoms with Crippen molar-refractivity contribution < 1.29 is 19.7 Å². The minimum Gasteiger partial charge on any atom is -0.495 e. The number of fused-ring (bicyclic) bond motifs is 3. The Morgan fingerprint density at radius 1 is 1.03 bits per heavy atom. The number of pyridine rings is 1. The van der Waals surface area contributed by atoms with Gasteiger partial charge in [0.2, 0.25) is 0 Å². The molecule has 2 aromatic carbocycles. The van der Waals surface area contributed by atoms with Crippen molar-refractivity contribution in [1.29, 1.82) is 0 Å². The van der Waals surface area contributed by atoms with E-state index < -0.39 is 17.3 Å². The molecule has 0 bridgehead atoms. The van der Waals surface area contributed by atoms with Gasteiger partial charge in [-0.05, 0) is 25.1 Å². The molecule has 7 nitrogen and oxygen atoms in total. The molecule has 7 heteroatoms. The molecule has 2 aliphatic heterocycles. The molecule has 3 aromatic rings. The normalized spacial score (nSPS) is 31.5. The van der Waals surface area contributed by atoms with Gasteiger partial charge in [-0.3, -0.25) is 4.98 Å². The van der Waals surface area contributed by atoms with Crippen LogP contribution in [0.2, 0.25) is 0 Å². The summed E-state index contributed by atoms with van der Waals surface area (Å²) in [5.41, 5.74) is 0.424. The molecule has 194 valence electrons. The predicted molar refractivity (Wildman–Crippen MR) is 141 cm³/mol. The van der Waals surface area contributed by atoms with Gasteiger partial charge in [-0.25, -0.2) is 0 Å². The Balaban J connectivity index is 1.58. The van der Waals surface area contributed by atoms with E-state index in [0.29, 0.717) is 23.6 Å². The SMILES string of the molecule is COc1cncc2c1[C@]1(O)[C@H](O)[C@H](CN3CCN(C)CC3)[C@@H](c3ccccc3)[C@]1(c1ccc(C)cc1)O2. The Bertz CT molecular complexity index is 1260. The van der Waals surface area contributed by atoms with Crippen LogP contribution in [0.3, 0.4) is 0 Å². The zero-order valence-corrected chi connectivity index (χ0v) is 21.7. The van der Waals surface area contributed by atoms with E-state index in [9.17, 15) is 10.2 Å². The van der Waals surface area contributed by atoms with Crippen molar-refractivity contribution in [2.75, 3.05) is 46.9 Å². The standard InChI is InChI=1S/C30H35N3O4/c1-20-9-11-22(12-10-20)30-26(21-7-5-4-6-8-21)23(19-33-15-13-32(2)14-16-33)28(34)29(30,35)27-24(36-3)17-31-18-25(27)37-30/h4-12,17-18,23,26,28,34-35H,13-16,19H2,1-3H3/t23-,26-,28-,29+,30+/m1/s1. The zero-order valence-electron chi connectivity index (χ0n) is 21.7. The van der Waals surface area contributed by atoms with Crippen LogP contribution in [0.15, 0.2) is 67.0 Å². The van der Waals surface area contributed by atoms with E-state index in [1.165, 1.54) is 0 Å². The van der Waals surface area contributed by atoms with Crippen molar-refractivity contribution in [3.63, 3.8) is 0 Å². The Labute approximate surface area is 218 Å². The summed E-state index contributed by atoms with van der Waals surface area (Å²) >= 11 is 0. The smallest absolute Gasteiger partial charge is 0.177 e. The van der Waals surface area contributed by atoms with Crippen molar-refractivity contribution >= 4 is 0 Å². The van der Waals surface area contributed by atoms with Crippen LogP contribution in [0.1, 0.15) is 28.2 Å². The fourth-order valence-electron chi connectivity index (χ4n) is 6.87. The third-order valence-electron chi connectivity index (χ3n) is 8.72. The molecule has 37 heavy (non-hydrogen) atoms. The molecular weight excluding hydrogens is 466 g/mol. The highest BCUT2D eigenvalue weighted by Crippen LogP contribution is 2.69. The second-order valence-corrected chi connectivity index (χ2v) is 10.8. The molecule has 0 unspecified atom stereocenters. The number of aryl methyl sites for hydroxylation is 1. The fraction of sp³-hybridized carbons (Fsp3) is 0.433. The minimum absolute atomic E-state index is 0.289. The highest BCUT2D eigenvalue weighted by Gasteiger charge is 2.76. The highest BCUT2D eigenvalue weighted by molar-refractivity contribution is 5.59. The number of piperazine rings is 1. The molecule has 2 N–H and O–H groups in total. The van der Waals surface area contributed by atoms with Crippen LogP contribution in [0.25, 0.3) is 0 Å². The summed E-state index contributed by atoms with van der Waals surface area (Å²) in [7, 11) is 3.70. The van der Waals surface area contributed by atoms with E-state index in [4.69, 9.17) is 9.47 Å². The molecule has 3 aliphatic rings. The van der Waals surface area contributed by atoms with Gasteiger partial charge in [0, 0.05) is 44.6 Å². The first-order valence-electron chi connectivity index (χ1n) is 13.0. The van der Waals surface area contributed by atoms with Gasteiger partial charge in [-0.1, -0.05) is 60.2 Å². The maximum absolute atomic E-state index is 12.9. The van der Waals surface area contributed by atoms with Crippen LogP contribution in [0.5, 0.6) is 11.5 Å². The first-order chi connectivity index (χ1) is 17.9. The number of likely N-dealkylation sites (N-methyl/N-ethyl adjacent to an activating group) is 1. The lowest BCUT2D eigenvalue weighted by atomic mass is 9.70. The number of hydrogen-bond donors (Lipinski definition) is 2. The van der Waals surface area contributed by atoms with Crippen LogP contribution in [-0.4, -0.2) is 78.0 Å². The van der Waals surface area contributed by atoms with Crippen LogP contribution < -0.4 is 9.47 Å². The maximum Gasteiger partial charge on any atom is 0.177 e. The number of aliphatic hydroxyl groups excluding tert-OH is 1. The number of rotatable bonds is 5. The number of hydrogen-bond acceptors (Lipinski definition) is 7. The van der Waals surface area contributed by atoms with Crippen molar-refractivity contribution in [3.8, 4) is 11.5 Å². The lowest BCUT2D eigenvalue weighted by molar-refractivity contribution is -0.152. The summed E-state index contributed by atoms with van der Waals surface area (Å²) in [5.74, 6) is 0.247. The van der Waals surface area contributed by atoms with Gasteiger partial charge < -0.3 is 29.5 Å². The number of aliphatic hydroxyl groups is 2. The van der Waals surface area contributed by atoms with Gasteiger partial charge in [0.1, 0.15) is 11.5 Å². The minimum atomic E-state index is -1.75. The van der Waals surface area contributed by atoms with Gasteiger partial charge in [-0.2, -0.15) is 0 Å². The largest absolute Gasteiger partial charge is 0.495 e. The molecular formula is C30H35N3O4. The highest BCUT2D eigenvalue weighted by atomic mass is 16.5. The van der Waals surface area contributed by atoms with Crippen LogP contribution in [-0.2, 0) is 11.2 Å². The third kappa shape index (κ3) is 3.52. The monoisotopic (exact) mass is 501 g/mol. The molecule has 1 aromatic heterocycles. The number of nitrogens with zero attached hydrogens (tertiary/aromatic N) is 3. The Kier molecular flexibility index (Phi) is 5.99. The molecule has 0 radical (unpaired) electrons. The molecule has 0 amide bonds. The van der Waals surface area contributed by atoms with Crippen molar-refractivity contribution in [3.05, 3.63) is 89.2 Å². The average Bonchev–Trinajstić information content (AvgIpc) is 3.29. The van der Waals surface area contributed by atoms with E-state index in [1.54, 1.807) is 19.5 Å². The molecule has 6 rings (SSSR count). The summed E-state index contributed by atoms with van der Waals surface area (Å²) in [6, 6.07) is 18.3. The predicted octanol–water partition coefficient (Wildman–Crippen LogP) is 2.90. The number of methoxy groups -OCH3 is 1. The second-order valence-electron chi connectivity index (χ2n) is 10.8. The maximum atomic E-state index is 12.9. The first-order valence-corrected chi connectivity index (χ1v) is 13.0. The van der Waals surface area contributed by atoms with E-state index in [-0.39, 0.29) is 11.8 Å². The summed E-state index contributed by atoms with van der Waals surface area (Å²) in [6.07, 6.45) is 2.11. The van der Waals surface area contributed by atoms with E-state index >= 15 is 0 Å². The number of ether oxygens (including phenoxy) is 2. The average molecular weight is 502 g/mol. The van der Waals surface area contributed by atoms with E-state index in [2.05, 4.69) is 34.0 Å². The molecule has 1 saturated carbocycles. The van der Waals surface area contributed by atoms with Gasteiger partial charge in [-0.15, -0.1) is 0 Å². The Morgan fingerprint density at radius 2 is 1.73 bits per heavy atom. The third-order valence-corrected chi connectivity index (χ3v) is 8.72. The molecule has 3 heterocycles. The number of benzene rings is 2. The van der Waals surface area contributed by atoms with Crippen molar-refractivity contribution in [2.45, 2.75) is 30.1 Å². The second kappa shape index (κ2) is 9.10. The molecule has 2 fully saturated rings. The van der Waals surface area contributed by atoms with Crippen LogP contribution in [0.4, 0.5) is 0 Å². The fourth-order valence-corrected chi connectivity index (χ4v) is 6.87. The van der Waals surface area contributed by atoms with E-state index in [0.717, 1.165) is 42.9 Å². The molecule has 1 aliphatic carbocycles. The first kappa shape index (κ1) is 24.4. The zero-order chi connectivity index (χ0) is 25.8. The van der Waals surface area contributed by atoms with Gasteiger partial charge in [0.25, 0.3) is 0 Å². The van der Waals surface area contributed by atoms with Gasteiger partial charge in [0.15, 0.2) is 11.2 Å². The van der Waals surface area contributed by atoms with Gasteiger partial charge in [0.05, 0.1) is 31.2 Å². The van der Waals surface area contributed by atoms with Crippen molar-refractivity contribution in [1.82, 2.24) is 14.8 Å².